The monoisotopic (exact) mass is 573 g/mol. The predicted octanol–water partition coefficient (Wildman–Crippen LogP) is 5.86. The van der Waals surface area contributed by atoms with Gasteiger partial charge in [0.25, 0.3) is 11.1 Å². The second-order valence-corrected chi connectivity index (χ2v) is 9.03. The minimum atomic E-state index is -0.391. The molecule has 3 rings (SSSR count). The Morgan fingerprint density at radius 2 is 2.03 bits per heavy atom. The molecule has 0 aromatic heterocycles. The van der Waals surface area contributed by atoms with Crippen LogP contribution < -0.4 is 9.47 Å². The summed E-state index contributed by atoms with van der Waals surface area (Å²) in [6.07, 6.45) is 6.89. The van der Waals surface area contributed by atoms with Crippen LogP contribution in [0.1, 0.15) is 11.1 Å². The van der Waals surface area contributed by atoms with Crippen molar-refractivity contribution in [3.05, 3.63) is 60.0 Å². The van der Waals surface area contributed by atoms with E-state index in [1.807, 2.05) is 6.07 Å². The number of methoxy groups -OCH3 is 1. The molecular formula is C21H14Cl2INO4S. The van der Waals surface area contributed by atoms with Crippen molar-refractivity contribution < 1.29 is 19.1 Å². The van der Waals surface area contributed by atoms with Crippen LogP contribution in [-0.4, -0.2) is 29.8 Å². The number of benzene rings is 2. The van der Waals surface area contributed by atoms with Crippen LogP contribution in [0.2, 0.25) is 10.0 Å². The average Bonchev–Trinajstić information content (AvgIpc) is 2.96. The minimum Gasteiger partial charge on any atom is -0.493 e. The van der Waals surface area contributed by atoms with Crippen LogP contribution in [0.3, 0.4) is 0 Å². The van der Waals surface area contributed by atoms with Gasteiger partial charge in [-0.3, -0.25) is 14.5 Å². The summed E-state index contributed by atoms with van der Waals surface area (Å²) in [6, 6.07) is 8.47. The number of halogens is 3. The lowest BCUT2D eigenvalue weighted by Crippen LogP contribution is -2.27. The second-order valence-electron chi connectivity index (χ2n) is 6.03. The van der Waals surface area contributed by atoms with Gasteiger partial charge in [-0.05, 0) is 75.8 Å². The van der Waals surface area contributed by atoms with Crippen molar-refractivity contribution in [1.82, 2.24) is 4.90 Å². The van der Waals surface area contributed by atoms with Gasteiger partial charge in [-0.15, -0.1) is 6.42 Å². The minimum absolute atomic E-state index is 0.0672. The van der Waals surface area contributed by atoms with Gasteiger partial charge >= 0.3 is 0 Å². The van der Waals surface area contributed by atoms with Crippen molar-refractivity contribution in [3.8, 4) is 23.8 Å². The zero-order valence-electron chi connectivity index (χ0n) is 15.6. The summed E-state index contributed by atoms with van der Waals surface area (Å²) in [5.74, 6) is 3.03. The molecule has 0 unspecified atom stereocenters. The number of imide groups is 1. The Bertz CT molecular complexity index is 1100. The van der Waals surface area contributed by atoms with Gasteiger partial charge in [0.15, 0.2) is 11.5 Å². The van der Waals surface area contributed by atoms with E-state index in [2.05, 4.69) is 28.5 Å². The molecule has 0 spiro atoms. The average molecular weight is 574 g/mol. The Balaban J connectivity index is 1.86. The Labute approximate surface area is 201 Å². The molecule has 1 aliphatic heterocycles. The van der Waals surface area contributed by atoms with Crippen LogP contribution in [0, 0.1) is 15.9 Å². The summed E-state index contributed by atoms with van der Waals surface area (Å²) in [5, 5.41) is 0.510. The van der Waals surface area contributed by atoms with Crippen LogP contribution in [0.5, 0.6) is 11.5 Å². The van der Waals surface area contributed by atoms with Crippen LogP contribution in [0.25, 0.3) is 6.08 Å². The van der Waals surface area contributed by atoms with Crippen molar-refractivity contribution in [2.24, 2.45) is 0 Å². The highest BCUT2D eigenvalue weighted by atomic mass is 127. The maximum absolute atomic E-state index is 12.8. The largest absolute Gasteiger partial charge is 0.493 e. The Morgan fingerprint density at radius 1 is 1.27 bits per heavy atom. The third-order valence-corrected chi connectivity index (χ3v) is 6.36. The van der Waals surface area contributed by atoms with Crippen molar-refractivity contribution >= 4 is 74.8 Å². The lowest BCUT2D eigenvalue weighted by Gasteiger charge is -2.14. The fraction of sp³-hybridized carbons (Fsp3) is 0.143. The summed E-state index contributed by atoms with van der Waals surface area (Å²) in [7, 11) is 1.52. The molecule has 0 N–H and O–H groups in total. The normalized spacial score (nSPS) is 14.9. The van der Waals surface area contributed by atoms with Gasteiger partial charge < -0.3 is 9.47 Å². The Hall–Kier alpha value is -1.86. The molecule has 0 radical (unpaired) electrons. The van der Waals surface area contributed by atoms with Crippen molar-refractivity contribution in [2.45, 2.75) is 6.54 Å². The molecule has 30 heavy (non-hydrogen) atoms. The van der Waals surface area contributed by atoms with Crippen LogP contribution in [-0.2, 0) is 11.3 Å². The van der Waals surface area contributed by atoms with Crippen molar-refractivity contribution in [2.75, 3.05) is 13.7 Å². The fourth-order valence-corrected chi connectivity index (χ4v) is 4.77. The topological polar surface area (TPSA) is 55.8 Å². The van der Waals surface area contributed by atoms with Gasteiger partial charge in [0.05, 0.1) is 22.1 Å². The van der Waals surface area contributed by atoms with E-state index in [-0.39, 0.29) is 18.4 Å². The molecular weight excluding hydrogens is 560 g/mol. The number of thioether (sulfide) groups is 1. The van der Waals surface area contributed by atoms with Crippen molar-refractivity contribution in [3.63, 3.8) is 0 Å². The first kappa shape index (κ1) is 22.8. The Morgan fingerprint density at radius 3 is 2.70 bits per heavy atom. The van der Waals surface area contributed by atoms with E-state index < -0.39 is 5.91 Å². The maximum atomic E-state index is 12.8. The molecule has 1 heterocycles. The third-order valence-electron chi connectivity index (χ3n) is 4.07. The molecule has 2 aromatic rings. The SMILES string of the molecule is C#CCOc1c(I)cc(/C=C2\SC(=O)N(Cc3ccc(Cl)cc3Cl)C2=O)cc1OC. The third kappa shape index (κ3) is 5.06. The first-order valence-electron chi connectivity index (χ1n) is 8.47. The fourth-order valence-electron chi connectivity index (χ4n) is 2.68. The number of nitrogens with zero attached hydrogens (tertiary/aromatic N) is 1. The quantitative estimate of drug-likeness (QED) is 0.246. The maximum Gasteiger partial charge on any atom is 0.293 e. The second kappa shape index (κ2) is 9.96. The van der Waals surface area contributed by atoms with E-state index in [9.17, 15) is 9.59 Å². The summed E-state index contributed by atoms with van der Waals surface area (Å²) in [6.45, 7) is 0.176. The van der Waals surface area contributed by atoms with Crippen molar-refractivity contribution in [1.29, 1.82) is 0 Å². The van der Waals surface area contributed by atoms with Gasteiger partial charge in [-0.25, -0.2) is 0 Å². The Kier molecular flexibility index (Phi) is 7.58. The lowest BCUT2D eigenvalue weighted by atomic mass is 10.1. The zero-order valence-corrected chi connectivity index (χ0v) is 20.1. The first-order valence-corrected chi connectivity index (χ1v) is 11.1. The van der Waals surface area contributed by atoms with E-state index in [4.69, 9.17) is 39.1 Å². The number of ether oxygens (including phenoxy) is 2. The predicted molar refractivity (Wildman–Crippen MR) is 128 cm³/mol. The molecule has 0 aliphatic carbocycles. The van der Waals surface area contributed by atoms with Gasteiger partial charge in [0.2, 0.25) is 0 Å². The standard InChI is InChI=1S/C21H14Cl2INO4S/c1-3-6-29-19-16(24)7-12(8-17(19)28-2)9-18-20(26)25(21(27)30-18)11-13-4-5-14(22)10-15(13)23/h1,4-5,7-10H,6,11H2,2H3/b18-9-. The highest BCUT2D eigenvalue weighted by Gasteiger charge is 2.35. The molecule has 0 bridgehead atoms. The number of terminal acetylenes is 1. The molecule has 9 heteroatoms. The van der Waals surface area contributed by atoms with E-state index in [0.717, 1.165) is 20.2 Å². The van der Waals surface area contributed by atoms with Gasteiger partial charge in [-0.1, -0.05) is 35.2 Å². The van der Waals surface area contributed by atoms with Gasteiger partial charge in [-0.2, -0.15) is 0 Å². The summed E-state index contributed by atoms with van der Waals surface area (Å²) < 4.78 is 11.7. The molecule has 2 amide bonds. The lowest BCUT2D eigenvalue weighted by molar-refractivity contribution is -0.123. The number of hydrogen-bond acceptors (Lipinski definition) is 5. The highest BCUT2D eigenvalue weighted by Crippen LogP contribution is 2.38. The van der Waals surface area contributed by atoms with Gasteiger partial charge in [0, 0.05) is 10.0 Å². The first-order chi connectivity index (χ1) is 14.3. The number of carbonyl (C=O) groups is 2. The molecule has 1 saturated heterocycles. The molecule has 0 saturated carbocycles. The molecule has 154 valence electrons. The zero-order chi connectivity index (χ0) is 21.8. The molecule has 1 fully saturated rings. The van der Waals surface area contributed by atoms with E-state index in [1.165, 1.54) is 7.11 Å². The smallest absolute Gasteiger partial charge is 0.293 e. The van der Waals surface area contributed by atoms with Gasteiger partial charge in [0.1, 0.15) is 6.61 Å². The number of carbonyl (C=O) groups excluding carboxylic acids is 2. The van der Waals surface area contributed by atoms with E-state index >= 15 is 0 Å². The molecule has 0 atom stereocenters. The molecule has 1 aliphatic rings. The number of hydrogen-bond donors (Lipinski definition) is 0. The summed E-state index contributed by atoms with van der Waals surface area (Å²) in [4.78, 5) is 26.7. The summed E-state index contributed by atoms with van der Waals surface area (Å²) >= 11 is 15.1. The molecule has 2 aromatic carbocycles. The summed E-state index contributed by atoms with van der Waals surface area (Å²) in [5.41, 5.74) is 1.33. The number of amides is 2. The highest BCUT2D eigenvalue weighted by molar-refractivity contribution is 14.1. The number of rotatable bonds is 6. The molecule has 5 nitrogen and oxygen atoms in total. The van der Waals surface area contributed by atoms with E-state index in [1.54, 1.807) is 30.3 Å². The van der Waals surface area contributed by atoms with Crippen LogP contribution >= 0.6 is 57.6 Å². The van der Waals surface area contributed by atoms with Crippen LogP contribution in [0.4, 0.5) is 4.79 Å². The van der Waals surface area contributed by atoms with E-state index in [0.29, 0.717) is 37.6 Å². The van der Waals surface area contributed by atoms with Crippen LogP contribution in [0.15, 0.2) is 35.2 Å².